The van der Waals surface area contributed by atoms with E-state index < -0.39 is 0 Å². The normalized spacial score (nSPS) is 11.2. The summed E-state index contributed by atoms with van der Waals surface area (Å²) in [7, 11) is 0. The van der Waals surface area contributed by atoms with Crippen LogP contribution in [0.25, 0.3) is 0 Å². The van der Waals surface area contributed by atoms with E-state index in [1.807, 2.05) is 39.8 Å². The summed E-state index contributed by atoms with van der Waals surface area (Å²) < 4.78 is 7.19. The van der Waals surface area contributed by atoms with Crippen molar-refractivity contribution in [2.75, 3.05) is 6.61 Å². The molecule has 1 N–H and O–H groups in total. The van der Waals surface area contributed by atoms with Gasteiger partial charge >= 0.3 is 0 Å². The van der Waals surface area contributed by atoms with Gasteiger partial charge in [-0.15, -0.1) is 0 Å². The first-order valence-corrected chi connectivity index (χ1v) is 7.17. The van der Waals surface area contributed by atoms with Crippen molar-refractivity contribution in [3.8, 4) is 5.75 Å². The van der Waals surface area contributed by atoms with E-state index in [0.717, 1.165) is 14.5 Å². The summed E-state index contributed by atoms with van der Waals surface area (Å²) in [6, 6.07) is 3.89. The highest BCUT2D eigenvalue weighted by molar-refractivity contribution is 9.11. The number of hydrogen-bond acceptors (Lipinski definition) is 2. The molecule has 0 bridgehead atoms. The van der Waals surface area contributed by atoms with Crippen LogP contribution in [-0.2, 0) is 4.79 Å². The van der Waals surface area contributed by atoms with Gasteiger partial charge in [-0.3, -0.25) is 4.79 Å². The van der Waals surface area contributed by atoms with E-state index in [4.69, 9.17) is 4.74 Å². The largest absolute Gasteiger partial charge is 0.481 e. The molecule has 0 aromatic heterocycles. The maximum Gasteiger partial charge on any atom is 0.258 e. The van der Waals surface area contributed by atoms with E-state index in [-0.39, 0.29) is 18.1 Å². The highest BCUT2D eigenvalue weighted by atomic mass is 79.9. The van der Waals surface area contributed by atoms with Crippen molar-refractivity contribution < 1.29 is 9.53 Å². The highest BCUT2D eigenvalue weighted by Gasteiger charge is 2.15. The van der Waals surface area contributed by atoms with Crippen molar-refractivity contribution in [3.63, 3.8) is 0 Å². The Kier molecular flexibility index (Phi) is 5.22. The first-order chi connectivity index (χ1) is 8.19. The molecule has 1 rings (SSSR count). The summed E-state index contributed by atoms with van der Waals surface area (Å²) in [5.41, 5.74) is 0.864. The fraction of sp³-hybridized carbons (Fsp3) is 0.462. The number of benzene rings is 1. The fourth-order valence-electron chi connectivity index (χ4n) is 1.42. The van der Waals surface area contributed by atoms with E-state index in [9.17, 15) is 4.79 Å². The first-order valence-electron chi connectivity index (χ1n) is 5.58. The van der Waals surface area contributed by atoms with Crippen molar-refractivity contribution in [1.82, 2.24) is 5.32 Å². The summed E-state index contributed by atoms with van der Waals surface area (Å²) in [5, 5.41) is 2.85. The van der Waals surface area contributed by atoms with Crippen molar-refractivity contribution >= 4 is 37.8 Å². The van der Waals surface area contributed by atoms with E-state index >= 15 is 0 Å². The molecule has 0 atom stereocenters. The minimum absolute atomic E-state index is 0.00245. The van der Waals surface area contributed by atoms with Gasteiger partial charge in [0.05, 0.1) is 8.95 Å². The molecule has 0 saturated carbocycles. The molecule has 0 aliphatic carbocycles. The van der Waals surface area contributed by atoms with E-state index in [0.29, 0.717) is 5.75 Å². The number of carbonyl (C=O) groups excluding carboxylic acids is 1. The lowest BCUT2D eigenvalue weighted by molar-refractivity contribution is -0.124. The molecule has 0 heterocycles. The smallest absolute Gasteiger partial charge is 0.258 e. The summed E-state index contributed by atoms with van der Waals surface area (Å²) in [6.07, 6.45) is 0. The van der Waals surface area contributed by atoms with Crippen LogP contribution >= 0.6 is 31.9 Å². The summed E-state index contributed by atoms with van der Waals surface area (Å²) >= 11 is 6.85. The van der Waals surface area contributed by atoms with Gasteiger partial charge in [0.2, 0.25) is 0 Å². The number of carbonyl (C=O) groups is 1. The Morgan fingerprint density at radius 1 is 1.28 bits per heavy atom. The van der Waals surface area contributed by atoms with Gasteiger partial charge in [0, 0.05) is 5.54 Å². The Labute approximate surface area is 125 Å². The third kappa shape index (κ3) is 4.98. The topological polar surface area (TPSA) is 38.3 Å². The van der Waals surface area contributed by atoms with Crippen LogP contribution in [0.5, 0.6) is 5.75 Å². The van der Waals surface area contributed by atoms with Crippen LogP contribution in [0.3, 0.4) is 0 Å². The number of nitrogens with one attached hydrogen (secondary N) is 1. The van der Waals surface area contributed by atoms with E-state index in [1.54, 1.807) is 0 Å². The van der Waals surface area contributed by atoms with Crippen molar-refractivity contribution in [2.45, 2.75) is 33.2 Å². The molecular formula is C13H17Br2NO2. The zero-order valence-corrected chi connectivity index (χ0v) is 14.1. The van der Waals surface area contributed by atoms with Crippen LogP contribution in [0.15, 0.2) is 21.1 Å². The zero-order chi connectivity index (χ0) is 13.9. The molecule has 0 aliphatic heterocycles. The monoisotopic (exact) mass is 377 g/mol. The molecule has 0 fully saturated rings. The number of hydrogen-bond donors (Lipinski definition) is 1. The second-order valence-corrected chi connectivity index (χ2v) is 6.85. The molecule has 0 unspecified atom stereocenters. The molecule has 18 heavy (non-hydrogen) atoms. The predicted molar refractivity (Wildman–Crippen MR) is 80.0 cm³/mol. The number of rotatable bonds is 3. The Hall–Kier alpha value is -0.550. The lowest BCUT2D eigenvalue weighted by Gasteiger charge is -2.20. The number of ether oxygens (including phenoxy) is 1. The molecule has 0 radical (unpaired) electrons. The fourth-order valence-corrected chi connectivity index (χ4v) is 3.06. The molecule has 100 valence electrons. The van der Waals surface area contributed by atoms with Crippen molar-refractivity contribution in [3.05, 3.63) is 26.6 Å². The van der Waals surface area contributed by atoms with Gasteiger partial charge < -0.3 is 10.1 Å². The molecule has 0 aliphatic rings. The Balaban J connectivity index is 2.67. The number of halogens is 2. The highest BCUT2D eigenvalue weighted by Crippen LogP contribution is 2.34. The number of aryl methyl sites for hydroxylation is 1. The van der Waals surface area contributed by atoms with Crippen LogP contribution < -0.4 is 10.1 Å². The van der Waals surface area contributed by atoms with Gasteiger partial charge in [-0.05, 0) is 77.3 Å². The van der Waals surface area contributed by atoms with Crippen LogP contribution in [0.1, 0.15) is 26.3 Å². The molecular weight excluding hydrogens is 362 g/mol. The van der Waals surface area contributed by atoms with Gasteiger partial charge in [0.25, 0.3) is 5.91 Å². The first kappa shape index (κ1) is 15.5. The number of amides is 1. The lowest BCUT2D eigenvalue weighted by Crippen LogP contribution is -2.43. The molecule has 5 heteroatoms. The standard InChI is InChI=1S/C13H17Br2NO2/c1-8-5-9(14)12(10(15)6-8)18-7-11(17)16-13(2,3)4/h5-6H,7H2,1-4H3,(H,16,17). The quantitative estimate of drug-likeness (QED) is 0.868. The average molecular weight is 379 g/mol. The third-order valence-electron chi connectivity index (χ3n) is 2.00. The molecule has 0 spiro atoms. The summed E-state index contributed by atoms with van der Waals surface area (Å²) in [6.45, 7) is 7.79. The Bertz CT molecular complexity index is 430. The zero-order valence-electron chi connectivity index (χ0n) is 10.9. The lowest BCUT2D eigenvalue weighted by atomic mass is 10.1. The summed E-state index contributed by atoms with van der Waals surface area (Å²) in [5.74, 6) is 0.506. The van der Waals surface area contributed by atoms with E-state index in [2.05, 4.69) is 37.2 Å². The molecule has 3 nitrogen and oxygen atoms in total. The van der Waals surface area contributed by atoms with Crippen LogP contribution in [0.2, 0.25) is 0 Å². The van der Waals surface area contributed by atoms with Crippen LogP contribution in [0, 0.1) is 6.92 Å². The molecule has 1 aromatic carbocycles. The van der Waals surface area contributed by atoms with Gasteiger partial charge in [0.1, 0.15) is 5.75 Å². The van der Waals surface area contributed by atoms with Crippen LogP contribution in [0.4, 0.5) is 0 Å². The SMILES string of the molecule is Cc1cc(Br)c(OCC(=O)NC(C)(C)C)c(Br)c1. The maximum atomic E-state index is 11.7. The second-order valence-electron chi connectivity index (χ2n) is 5.14. The molecule has 1 amide bonds. The minimum Gasteiger partial charge on any atom is -0.481 e. The second kappa shape index (κ2) is 6.06. The van der Waals surface area contributed by atoms with E-state index in [1.165, 1.54) is 0 Å². The Morgan fingerprint density at radius 2 is 1.78 bits per heavy atom. The van der Waals surface area contributed by atoms with Gasteiger partial charge in [0.15, 0.2) is 6.61 Å². The van der Waals surface area contributed by atoms with Gasteiger partial charge in [-0.25, -0.2) is 0 Å². The van der Waals surface area contributed by atoms with Gasteiger partial charge in [-0.1, -0.05) is 0 Å². The molecule has 1 aromatic rings. The van der Waals surface area contributed by atoms with Crippen molar-refractivity contribution in [2.24, 2.45) is 0 Å². The summed E-state index contributed by atoms with van der Waals surface area (Å²) in [4.78, 5) is 11.7. The average Bonchev–Trinajstić information content (AvgIpc) is 2.12. The van der Waals surface area contributed by atoms with Crippen LogP contribution in [-0.4, -0.2) is 18.1 Å². The third-order valence-corrected chi connectivity index (χ3v) is 3.18. The Morgan fingerprint density at radius 3 is 2.22 bits per heavy atom. The van der Waals surface area contributed by atoms with Crippen molar-refractivity contribution in [1.29, 1.82) is 0 Å². The minimum atomic E-state index is -0.248. The maximum absolute atomic E-state index is 11.7. The molecule has 0 saturated heterocycles. The van der Waals surface area contributed by atoms with Gasteiger partial charge in [-0.2, -0.15) is 0 Å². The predicted octanol–water partition coefficient (Wildman–Crippen LogP) is 3.81.